The van der Waals surface area contributed by atoms with E-state index in [1.165, 1.54) is 0 Å². The number of amides is 3. The zero-order valence-electron chi connectivity index (χ0n) is 21.7. The minimum absolute atomic E-state index is 0.00703. The minimum atomic E-state index is -0.995. The molecule has 0 aliphatic heterocycles. The van der Waals surface area contributed by atoms with E-state index in [-0.39, 0.29) is 19.6 Å². The number of nitrogens with one attached hydrogen (secondary N) is 2. The van der Waals surface area contributed by atoms with Crippen LogP contribution in [0.15, 0.2) is 48.5 Å². The van der Waals surface area contributed by atoms with Crippen molar-refractivity contribution in [2.75, 3.05) is 27.4 Å². The fourth-order valence-electron chi connectivity index (χ4n) is 3.52. The topological polar surface area (TPSA) is 126 Å². The largest absolute Gasteiger partial charge is 0.497 e. The molecule has 0 saturated carbocycles. The first-order valence-electron chi connectivity index (χ1n) is 12.3. The van der Waals surface area contributed by atoms with Gasteiger partial charge >= 0.3 is 18.1 Å². The first-order valence-corrected chi connectivity index (χ1v) is 12.3. The van der Waals surface area contributed by atoms with Gasteiger partial charge in [0.25, 0.3) is 0 Å². The Morgan fingerprint density at radius 3 is 1.92 bits per heavy atom. The summed E-state index contributed by atoms with van der Waals surface area (Å²) in [6.45, 7) is 2.67. The number of benzene rings is 2. The zero-order chi connectivity index (χ0) is 27.0. The van der Waals surface area contributed by atoms with Gasteiger partial charge in [0.05, 0.1) is 26.7 Å². The molecule has 0 saturated heterocycles. The van der Waals surface area contributed by atoms with Gasteiger partial charge < -0.3 is 30.0 Å². The number of aliphatic carboxylic acids is 1. The second kappa shape index (κ2) is 15.9. The first kappa shape index (κ1) is 29.3. The van der Waals surface area contributed by atoms with E-state index in [0.29, 0.717) is 19.5 Å². The second-order valence-corrected chi connectivity index (χ2v) is 8.51. The van der Waals surface area contributed by atoms with E-state index in [1.54, 1.807) is 19.1 Å². The van der Waals surface area contributed by atoms with Crippen molar-refractivity contribution < 1.29 is 33.7 Å². The molecule has 0 heterocycles. The molecule has 2 aromatic carbocycles. The molecule has 202 valence electrons. The standard InChI is InChI=1S/C27H37N3O7/c1-4-5-6-22(29-26(33)28-16-15-25(31)32)19-37-27(34)30(17-20-7-11-23(35-2)12-8-20)18-21-9-13-24(36-3)14-10-21/h7-14,22H,4-6,15-19H2,1-3H3,(H,31,32)(H2,28,29,33). The highest BCUT2D eigenvalue weighted by Crippen LogP contribution is 2.18. The predicted molar refractivity (Wildman–Crippen MR) is 139 cm³/mol. The smallest absolute Gasteiger partial charge is 0.410 e. The lowest BCUT2D eigenvalue weighted by Gasteiger charge is -2.25. The van der Waals surface area contributed by atoms with Crippen LogP contribution in [0.3, 0.4) is 0 Å². The zero-order valence-corrected chi connectivity index (χ0v) is 21.7. The van der Waals surface area contributed by atoms with Crippen molar-refractivity contribution >= 4 is 18.1 Å². The van der Waals surface area contributed by atoms with Crippen LogP contribution in [0.1, 0.15) is 43.7 Å². The number of hydrogen-bond donors (Lipinski definition) is 3. The van der Waals surface area contributed by atoms with Crippen LogP contribution in [0.4, 0.5) is 9.59 Å². The summed E-state index contributed by atoms with van der Waals surface area (Å²) < 4.78 is 16.1. The summed E-state index contributed by atoms with van der Waals surface area (Å²) in [5.41, 5.74) is 1.81. The molecule has 1 unspecified atom stereocenters. The van der Waals surface area contributed by atoms with E-state index in [4.69, 9.17) is 19.3 Å². The predicted octanol–water partition coefficient (Wildman–Crippen LogP) is 4.18. The molecule has 3 amide bonds. The van der Waals surface area contributed by atoms with E-state index in [0.717, 1.165) is 35.5 Å². The molecule has 3 N–H and O–H groups in total. The molecule has 0 aliphatic rings. The second-order valence-electron chi connectivity index (χ2n) is 8.51. The average molecular weight is 516 g/mol. The maximum atomic E-state index is 13.2. The first-order chi connectivity index (χ1) is 17.8. The monoisotopic (exact) mass is 515 g/mol. The van der Waals surface area contributed by atoms with Crippen molar-refractivity contribution in [1.82, 2.24) is 15.5 Å². The van der Waals surface area contributed by atoms with Crippen LogP contribution in [0.25, 0.3) is 0 Å². The Labute approximate surface area is 217 Å². The van der Waals surface area contributed by atoms with Gasteiger partial charge in [0.15, 0.2) is 0 Å². The van der Waals surface area contributed by atoms with E-state index < -0.39 is 24.1 Å². The van der Waals surface area contributed by atoms with Crippen LogP contribution in [0.2, 0.25) is 0 Å². The Balaban J connectivity index is 2.06. The van der Waals surface area contributed by atoms with Crippen LogP contribution in [-0.4, -0.2) is 61.5 Å². The van der Waals surface area contributed by atoms with Gasteiger partial charge in [0.2, 0.25) is 0 Å². The number of carbonyl (C=O) groups excluding carboxylic acids is 2. The Bertz CT molecular complexity index is 931. The number of urea groups is 1. The molecule has 0 spiro atoms. The molecule has 0 bridgehead atoms. The fourth-order valence-corrected chi connectivity index (χ4v) is 3.52. The quantitative estimate of drug-likeness (QED) is 0.325. The molecule has 10 heteroatoms. The SMILES string of the molecule is CCCCC(COC(=O)N(Cc1ccc(OC)cc1)Cc1ccc(OC)cc1)NC(=O)NCCC(=O)O. The number of carboxylic acid groups (broad SMARTS) is 1. The molecule has 37 heavy (non-hydrogen) atoms. The van der Waals surface area contributed by atoms with E-state index in [9.17, 15) is 14.4 Å². The normalized spacial score (nSPS) is 11.2. The van der Waals surface area contributed by atoms with Crippen LogP contribution in [-0.2, 0) is 22.6 Å². The van der Waals surface area contributed by atoms with Gasteiger partial charge in [-0.2, -0.15) is 0 Å². The number of rotatable bonds is 15. The molecule has 0 aromatic heterocycles. The van der Waals surface area contributed by atoms with Crippen molar-refractivity contribution in [2.24, 2.45) is 0 Å². The number of nitrogens with zero attached hydrogens (tertiary/aromatic N) is 1. The van der Waals surface area contributed by atoms with Crippen molar-refractivity contribution in [3.8, 4) is 11.5 Å². The van der Waals surface area contributed by atoms with E-state index in [2.05, 4.69) is 10.6 Å². The van der Waals surface area contributed by atoms with Gasteiger partial charge in [-0.25, -0.2) is 9.59 Å². The van der Waals surface area contributed by atoms with Gasteiger partial charge in [-0.1, -0.05) is 44.0 Å². The number of ether oxygens (including phenoxy) is 3. The van der Waals surface area contributed by atoms with Crippen molar-refractivity contribution in [2.45, 2.75) is 51.7 Å². The van der Waals surface area contributed by atoms with Gasteiger partial charge in [-0.3, -0.25) is 9.69 Å². The average Bonchev–Trinajstić information content (AvgIpc) is 2.90. The van der Waals surface area contributed by atoms with E-state index >= 15 is 0 Å². The van der Waals surface area contributed by atoms with Crippen LogP contribution >= 0.6 is 0 Å². The molecule has 2 rings (SSSR count). The Hall–Kier alpha value is -3.95. The molecule has 0 fully saturated rings. The highest BCUT2D eigenvalue weighted by Gasteiger charge is 2.20. The molecule has 0 radical (unpaired) electrons. The molecule has 10 nitrogen and oxygen atoms in total. The minimum Gasteiger partial charge on any atom is -0.497 e. The number of carboxylic acids is 1. The summed E-state index contributed by atoms with van der Waals surface area (Å²) in [5.74, 6) is 0.449. The Morgan fingerprint density at radius 1 is 0.919 bits per heavy atom. The third-order valence-corrected chi connectivity index (χ3v) is 5.60. The van der Waals surface area contributed by atoms with Crippen LogP contribution < -0.4 is 20.1 Å². The third kappa shape index (κ3) is 11.1. The number of methoxy groups -OCH3 is 2. The Morgan fingerprint density at radius 2 is 1.46 bits per heavy atom. The molecule has 1 atom stereocenters. The van der Waals surface area contributed by atoms with Crippen molar-refractivity contribution in [1.29, 1.82) is 0 Å². The highest BCUT2D eigenvalue weighted by molar-refractivity contribution is 5.75. The lowest BCUT2D eigenvalue weighted by atomic mass is 10.1. The summed E-state index contributed by atoms with van der Waals surface area (Å²) >= 11 is 0. The van der Waals surface area contributed by atoms with Crippen LogP contribution in [0.5, 0.6) is 11.5 Å². The molecule has 0 aliphatic carbocycles. The van der Waals surface area contributed by atoms with Crippen molar-refractivity contribution in [3.63, 3.8) is 0 Å². The maximum absolute atomic E-state index is 13.2. The number of carbonyl (C=O) groups is 3. The molecular weight excluding hydrogens is 478 g/mol. The fraction of sp³-hybridized carbons (Fsp3) is 0.444. The Kier molecular flexibility index (Phi) is 12.6. The molecule has 2 aromatic rings. The number of hydrogen-bond acceptors (Lipinski definition) is 6. The molecular formula is C27H37N3O7. The van der Waals surface area contributed by atoms with Gasteiger partial charge in [-0.15, -0.1) is 0 Å². The number of unbranched alkanes of at least 4 members (excludes halogenated alkanes) is 1. The van der Waals surface area contributed by atoms with Gasteiger partial charge in [0, 0.05) is 19.6 Å². The lowest BCUT2D eigenvalue weighted by Crippen LogP contribution is -2.45. The highest BCUT2D eigenvalue weighted by atomic mass is 16.6. The van der Waals surface area contributed by atoms with E-state index in [1.807, 2.05) is 55.5 Å². The summed E-state index contributed by atoms with van der Waals surface area (Å²) in [6, 6.07) is 14.0. The van der Waals surface area contributed by atoms with Crippen LogP contribution in [0, 0.1) is 0 Å². The van der Waals surface area contributed by atoms with Gasteiger partial charge in [-0.05, 0) is 41.8 Å². The van der Waals surface area contributed by atoms with Crippen molar-refractivity contribution in [3.05, 3.63) is 59.7 Å². The summed E-state index contributed by atoms with van der Waals surface area (Å²) in [4.78, 5) is 37.6. The third-order valence-electron chi connectivity index (χ3n) is 5.60. The lowest BCUT2D eigenvalue weighted by molar-refractivity contribution is -0.136. The maximum Gasteiger partial charge on any atom is 0.410 e. The van der Waals surface area contributed by atoms with Gasteiger partial charge in [0.1, 0.15) is 18.1 Å². The summed E-state index contributed by atoms with van der Waals surface area (Å²) in [5, 5.41) is 14.0. The summed E-state index contributed by atoms with van der Waals surface area (Å²) in [7, 11) is 3.19. The summed E-state index contributed by atoms with van der Waals surface area (Å²) in [6.07, 6.45) is 1.68.